The zero-order valence-electron chi connectivity index (χ0n) is 12.3. The van der Waals surface area contributed by atoms with Crippen LogP contribution in [0.4, 0.5) is 0 Å². The van der Waals surface area contributed by atoms with E-state index in [9.17, 15) is 4.79 Å². The van der Waals surface area contributed by atoms with Gasteiger partial charge in [0.15, 0.2) is 0 Å². The molecule has 0 atom stereocenters. The van der Waals surface area contributed by atoms with Crippen LogP contribution in [-0.2, 0) is 11.4 Å². The first-order chi connectivity index (χ1) is 10.1. The summed E-state index contributed by atoms with van der Waals surface area (Å²) in [5.74, 6) is 1.57. The van der Waals surface area contributed by atoms with E-state index in [0.717, 1.165) is 22.6 Å². The van der Waals surface area contributed by atoms with Gasteiger partial charge in [-0.1, -0.05) is 23.8 Å². The highest BCUT2D eigenvalue weighted by molar-refractivity contribution is 5.73. The Balaban J connectivity index is 1.89. The number of furan rings is 1. The van der Waals surface area contributed by atoms with Gasteiger partial charge in [-0.3, -0.25) is 4.79 Å². The number of benzene rings is 1. The molecule has 21 heavy (non-hydrogen) atoms. The van der Waals surface area contributed by atoms with Crippen molar-refractivity contribution in [3.8, 4) is 5.75 Å². The fraction of sp³-hybridized carbons (Fsp3) is 0.235. The molecule has 1 amide bonds. The number of amides is 1. The fourth-order valence-electron chi connectivity index (χ4n) is 1.81. The third kappa shape index (κ3) is 5.18. The topological polar surface area (TPSA) is 51.5 Å². The van der Waals surface area contributed by atoms with Gasteiger partial charge in [0.1, 0.15) is 18.1 Å². The van der Waals surface area contributed by atoms with E-state index in [4.69, 9.17) is 9.15 Å². The number of hydrogen-bond donors (Lipinski definition) is 1. The maximum atomic E-state index is 10.9. The second-order valence-electron chi connectivity index (χ2n) is 4.84. The highest BCUT2D eigenvalue weighted by atomic mass is 16.5. The number of ether oxygens (including phenoxy) is 1. The van der Waals surface area contributed by atoms with E-state index < -0.39 is 0 Å². The molecule has 110 valence electrons. The molecule has 1 heterocycles. The largest absolute Gasteiger partial charge is 0.486 e. The lowest BCUT2D eigenvalue weighted by Gasteiger charge is -2.05. The summed E-state index contributed by atoms with van der Waals surface area (Å²) in [5, 5.41) is 2.77. The van der Waals surface area contributed by atoms with E-state index in [1.165, 1.54) is 6.92 Å². The lowest BCUT2D eigenvalue weighted by Crippen LogP contribution is -2.21. The summed E-state index contributed by atoms with van der Waals surface area (Å²) in [7, 11) is 0. The number of nitrogens with one attached hydrogen (secondary N) is 1. The van der Waals surface area contributed by atoms with Gasteiger partial charge in [0.05, 0.1) is 6.26 Å². The SMILES string of the molecule is CC(=O)NC/C(C)=C/c1ccc(OCc2ccco2)cc1. The van der Waals surface area contributed by atoms with Crippen molar-refractivity contribution in [1.29, 1.82) is 0 Å². The minimum atomic E-state index is -0.0237. The molecule has 0 bridgehead atoms. The number of carbonyl (C=O) groups excluding carboxylic acids is 1. The summed E-state index contributed by atoms with van der Waals surface area (Å²) in [5.41, 5.74) is 2.16. The van der Waals surface area contributed by atoms with Crippen LogP contribution in [0.2, 0.25) is 0 Å². The van der Waals surface area contributed by atoms with Crippen LogP contribution >= 0.6 is 0 Å². The second kappa shape index (κ2) is 7.33. The standard InChI is InChI=1S/C17H19NO3/c1-13(11-18-14(2)19)10-15-5-7-16(8-6-15)21-12-17-4-3-9-20-17/h3-10H,11-12H2,1-2H3,(H,18,19)/b13-10+. The van der Waals surface area contributed by atoms with Gasteiger partial charge < -0.3 is 14.5 Å². The molecule has 0 spiro atoms. The second-order valence-corrected chi connectivity index (χ2v) is 4.84. The van der Waals surface area contributed by atoms with Crippen LogP contribution in [0.3, 0.4) is 0 Å². The van der Waals surface area contributed by atoms with Crippen molar-refractivity contribution in [2.75, 3.05) is 6.54 Å². The summed E-state index contributed by atoms with van der Waals surface area (Å²) in [6.07, 6.45) is 3.66. The molecule has 0 unspecified atom stereocenters. The predicted octanol–water partition coefficient (Wildman–Crippen LogP) is 3.40. The minimum Gasteiger partial charge on any atom is -0.486 e. The Morgan fingerprint density at radius 2 is 2.00 bits per heavy atom. The van der Waals surface area contributed by atoms with Crippen molar-refractivity contribution in [3.63, 3.8) is 0 Å². The molecule has 2 aromatic rings. The number of carbonyl (C=O) groups is 1. The molecule has 0 aliphatic heterocycles. The molecule has 1 aromatic carbocycles. The molecule has 1 N–H and O–H groups in total. The van der Waals surface area contributed by atoms with Crippen LogP contribution in [0.5, 0.6) is 5.75 Å². The van der Waals surface area contributed by atoms with Crippen molar-refractivity contribution < 1.29 is 13.9 Å². The molecule has 4 heteroatoms. The van der Waals surface area contributed by atoms with Gasteiger partial charge in [-0.15, -0.1) is 0 Å². The van der Waals surface area contributed by atoms with Crippen LogP contribution in [0.1, 0.15) is 25.2 Å². The average molecular weight is 285 g/mol. The van der Waals surface area contributed by atoms with Gasteiger partial charge in [0.2, 0.25) is 5.91 Å². The van der Waals surface area contributed by atoms with Gasteiger partial charge >= 0.3 is 0 Å². The van der Waals surface area contributed by atoms with Gasteiger partial charge in [-0.05, 0) is 36.8 Å². The van der Waals surface area contributed by atoms with Crippen LogP contribution < -0.4 is 10.1 Å². The smallest absolute Gasteiger partial charge is 0.217 e. The normalized spacial score (nSPS) is 11.2. The average Bonchev–Trinajstić information content (AvgIpc) is 2.98. The minimum absolute atomic E-state index is 0.0237. The Hall–Kier alpha value is -2.49. The molecule has 2 rings (SSSR count). The molecule has 0 fully saturated rings. The summed E-state index contributed by atoms with van der Waals surface area (Å²) in [4.78, 5) is 10.9. The molecule has 0 aliphatic carbocycles. The summed E-state index contributed by atoms with van der Waals surface area (Å²) in [6, 6.07) is 11.5. The van der Waals surface area contributed by atoms with E-state index >= 15 is 0 Å². The van der Waals surface area contributed by atoms with Gasteiger partial charge in [-0.25, -0.2) is 0 Å². The molecule has 0 saturated heterocycles. The van der Waals surface area contributed by atoms with Gasteiger partial charge in [0.25, 0.3) is 0 Å². The quantitative estimate of drug-likeness (QED) is 0.885. The zero-order chi connectivity index (χ0) is 15.1. The predicted molar refractivity (Wildman–Crippen MR) is 81.8 cm³/mol. The van der Waals surface area contributed by atoms with Crippen LogP contribution in [0, 0.1) is 0 Å². The van der Waals surface area contributed by atoms with Gasteiger partial charge in [-0.2, -0.15) is 0 Å². The first-order valence-corrected chi connectivity index (χ1v) is 6.80. The first kappa shape index (κ1) is 14.9. The molecule has 0 radical (unpaired) electrons. The Morgan fingerprint density at radius 1 is 1.24 bits per heavy atom. The summed E-state index contributed by atoms with van der Waals surface area (Å²) < 4.78 is 10.8. The molecule has 0 aliphatic rings. The maximum Gasteiger partial charge on any atom is 0.217 e. The first-order valence-electron chi connectivity index (χ1n) is 6.80. The Kier molecular flexibility index (Phi) is 5.21. The van der Waals surface area contributed by atoms with E-state index in [2.05, 4.69) is 5.32 Å². The van der Waals surface area contributed by atoms with Crippen LogP contribution in [-0.4, -0.2) is 12.5 Å². The summed E-state index contributed by atoms with van der Waals surface area (Å²) in [6.45, 7) is 4.48. The van der Waals surface area contributed by atoms with E-state index in [1.54, 1.807) is 6.26 Å². The lowest BCUT2D eigenvalue weighted by atomic mass is 10.1. The van der Waals surface area contributed by atoms with E-state index in [-0.39, 0.29) is 5.91 Å². The fourth-order valence-corrected chi connectivity index (χ4v) is 1.81. The number of rotatable bonds is 6. The maximum absolute atomic E-state index is 10.9. The molecule has 4 nitrogen and oxygen atoms in total. The zero-order valence-corrected chi connectivity index (χ0v) is 12.3. The number of hydrogen-bond acceptors (Lipinski definition) is 3. The van der Waals surface area contributed by atoms with Crippen molar-refractivity contribution in [2.45, 2.75) is 20.5 Å². The summed E-state index contributed by atoms with van der Waals surface area (Å²) >= 11 is 0. The van der Waals surface area contributed by atoms with Crippen LogP contribution in [0.25, 0.3) is 6.08 Å². The lowest BCUT2D eigenvalue weighted by molar-refractivity contribution is -0.118. The Morgan fingerprint density at radius 3 is 2.62 bits per heavy atom. The van der Waals surface area contributed by atoms with Crippen molar-refractivity contribution in [1.82, 2.24) is 5.32 Å². The van der Waals surface area contributed by atoms with Gasteiger partial charge in [0, 0.05) is 13.5 Å². The van der Waals surface area contributed by atoms with Crippen LogP contribution in [0.15, 0.2) is 52.7 Å². The third-order valence-electron chi connectivity index (χ3n) is 2.87. The Labute approximate surface area is 124 Å². The van der Waals surface area contributed by atoms with Crippen molar-refractivity contribution in [2.24, 2.45) is 0 Å². The Bertz CT molecular complexity index is 597. The third-order valence-corrected chi connectivity index (χ3v) is 2.87. The highest BCUT2D eigenvalue weighted by Gasteiger charge is 1.99. The molecular weight excluding hydrogens is 266 g/mol. The molecular formula is C17H19NO3. The highest BCUT2D eigenvalue weighted by Crippen LogP contribution is 2.16. The van der Waals surface area contributed by atoms with Crippen molar-refractivity contribution >= 4 is 12.0 Å². The van der Waals surface area contributed by atoms with E-state index in [0.29, 0.717) is 13.2 Å². The van der Waals surface area contributed by atoms with E-state index in [1.807, 2.05) is 49.4 Å². The monoisotopic (exact) mass is 285 g/mol. The molecule has 0 saturated carbocycles. The molecule has 1 aromatic heterocycles. The van der Waals surface area contributed by atoms with Crippen molar-refractivity contribution in [3.05, 3.63) is 59.6 Å².